The second kappa shape index (κ2) is 7.02. The van der Waals surface area contributed by atoms with E-state index < -0.39 is 10.0 Å². The van der Waals surface area contributed by atoms with Crippen LogP contribution in [-0.2, 0) is 16.6 Å². The number of anilines is 1. The van der Waals surface area contributed by atoms with Crippen LogP contribution in [0.4, 0.5) is 5.69 Å². The zero-order valence-corrected chi connectivity index (χ0v) is 14.7. The first-order chi connectivity index (χ1) is 11.2. The van der Waals surface area contributed by atoms with Crippen molar-refractivity contribution in [3.05, 3.63) is 59.2 Å². The van der Waals surface area contributed by atoms with E-state index in [-0.39, 0.29) is 16.4 Å². The minimum Gasteiger partial charge on any atom is -0.378 e. The topological polar surface area (TPSA) is 92.5 Å². The summed E-state index contributed by atoms with van der Waals surface area (Å²) < 4.78 is 23.1. The van der Waals surface area contributed by atoms with E-state index in [2.05, 4.69) is 5.32 Å². The third-order valence-electron chi connectivity index (χ3n) is 3.66. The molecular formula is C17H21N3O3S. The molecule has 0 fully saturated rings. The minimum atomic E-state index is -3.85. The number of carbonyl (C=O) groups excluding carboxylic acids is 1. The van der Waals surface area contributed by atoms with E-state index in [1.54, 1.807) is 19.1 Å². The summed E-state index contributed by atoms with van der Waals surface area (Å²) in [4.78, 5) is 14.2. The molecule has 0 aromatic heterocycles. The van der Waals surface area contributed by atoms with Gasteiger partial charge in [-0.2, -0.15) is 0 Å². The number of nitrogens with zero attached hydrogens (tertiary/aromatic N) is 1. The summed E-state index contributed by atoms with van der Waals surface area (Å²) in [5, 5.41) is 7.94. The Balaban J connectivity index is 2.10. The molecule has 0 aliphatic carbocycles. The van der Waals surface area contributed by atoms with Crippen molar-refractivity contribution in [2.75, 3.05) is 19.0 Å². The fraction of sp³-hybridized carbons (Fsp3) is 0.235. The zero-order chi connectivity index (χ0) is 17.9. The number of nitrogens with two attached hydrogens (primary N) is 1. The molecule has 3 N–H and O–H groups in total. The monoisotopic (exact) mass is 347 g/mol. The maximum absolute atomic E-state index is 12.2. The van der Waals surface area contributed by atoms with Crippen molar-refractivity contribution in [1.29, 1.82) is 0 Å². The molecule has 1 amide bonds. The third kappa shape index (κ3) is 4.33. The van der Waals surface area contributed by atoms with E-state index in [0.29, 0.717) is 12.1 Å². The van der Waals surface area contributed by atoms with Crippen LogP contribution in [0, 0.1) is 6.92 Å². The largest absolute Gasteiger partial charge is 0.378 e. The van der Waals surface area contributed by atoms with Crippen LogP contribution in [0.1, 0.15) is 21.5 Å². The number of nitrogens with one attached hydrogen (secondary N) is 1. The number of hydrogen-bond acceptors (Lipinski definition) is 4. The molecule has 128 valence electrons. The smallest absolute Gasteiger partial charge is 0.251 e. The minimum absolute atomic E-state index is 0.0366. The third-order valence-corrected chi connectivity index (χ3v) is 4.72. The molecule has 0 heterocycles. The molecule has 0 saturated carbocycles. The first kappa shape index (κ1) is 18.0. The van der Waals surface area contributed by atoms with Crippen LogP contribution >= 0.6 is 0 Å². The highest BCUT2D eigenvalue weighted by Crippen LogP contribution is 2.16. The molecule has 0 saturated heterocycles. The normalized spacial score (nSPS) is 11.2. The number of primary sulfonamides is 1. The van der Waals surface area contributed by atoms with E-state index in [1.165, 1.54) is 6.07 Å². The SMILES string of the molecule is Cc1ccc(C(=O)NCc2ccc(N(C)C)cc2)cc1S(N)(=O)=O. The van der Waals surface area contributed by atoms with E-state index in [0.717, 1.165) is 11.3 Å². The van der Waals surface area contributed by atoms with Crippen LogP contribution in [0.3, 0.4) is 0 Å². The lowest BCUT2D eigenvalue weighted by atomic mass is 10.1. The van der Waals surface area contributed by atoms with Gasteiger partial charge in [-0.25, -0.2) is 13.6 Å². The fourth-order valence-electron chi connectivity index (χ4n) is 2.24. The Kier molecular flexibility index (Phi) is 5.26. The van der Waals surface area contributed by atoms with Gasteiger partial charge in [0.15, 0.2) is 0 Å². The summed E-state index contributed by atoms with van der Waals surface area (Å²) in [5.41, 5.74) is 2.79. The molecule has 0 radical (unpaired) electrons. The van der Waals surface area contributed by atoms with Crippen LogP contribution in [0.25, 0.3) is 0 Å². The average molecular weight is 347 g/mol. The lowest BCUT2D eigenvalue weighted by molar-refractivity contribution is 0.0950. The predicted molar refractivity (Wildman–Crippen MR) is 94.5 cm³/mol. The van der Waals surface area contributed by atoms with Crippen LogP contribution in [0.2, 0.25) is 0 Å². The highest BCUT2D eigenvalue weighted by Gasteiger charge is 2.15. The van der Waals surface area contributed by atoms with Crippen molar-refractivity contribution in [3.63, 3.8) is 0 Å². The molecule has 2 rings (SSSR count). The Hall–Kier alpha value is -2.38. The van der Waals surface area contributed by atoms with Crippen molar-refractivity contribution in [2.45, 2.75) is 18.4 Å². The molecule has 0 aliphatic rings. The molecule has 2 aromatic rings. The van der Waals surface area contributed by atoms with E-state index >= 15 is 0 Å². The first-order valence-corrected chi connectivity index (χ1v) is 8.91. The van der Waals surface area contributed by atoms with Crippen molar-refractivity contribution in [3.8, 4) is 0 Å². The van der Waals surface area contributed by atoms with Gasteiger partial charge in [0.25, 0.3) is 5.91 Å². The highest BCUT2D eigenvalue weighted by atomic mass is 32.2. The van der Waals surface area contributed by atoms with Gasteiger partial charge in [-0.1, -0.05) is 18.2 Å². The van der Waals surface area contributed by atoms with Gasteiger partial charge in [0, 0.05) is 31.9 Å². The van der Waals surface area contributed by atoms with Crippen LogP contribution in [-0.4, -0.2) is 28.4 Å². The van der Waals surface area contributed by atoms with Crippen LogP contribution < -0.4 is 15.4 Å². The van der Waals surface area contributed by atoms with Crippen molar-refractivity contribution >= 4 is 21.6 Å². The molecule has 0 unspecified atom stereocenters. The lowest BCUT2D eigenvalue weighted by Crippen LogP contribution is -2.23. The predicted octanol–water partition coefficient (Wildman–Crippen LogP) is 1.64. The van der Waals surface area contributed by atoms with E-state index in [4.69, 9.17) is 5.14 Å². The number of rotatable bonds is 5. The second-order valence-electron chi connectivity index (χ2n) is 5.77. The summed E-state index contributed by atoms with van der Waals surface area (Å²) in [6.07, 6.45) is 0. The lowest BCUT2D eigenvalue weighted by Gasteiger charge is -2.13. The van der Waals surface area contributed by atoms with E-state index in [9.17, 15) is 13.2 Å². The number of hydrogen-bond donors (Lipinski definition) is 2. The Morgan fingerprint density at radius 1 is 1.12 bits per heavy atom. The summed E-state index contributed by atoms with van der Waals surface area (Å²) >= 11 is 0. The van der Waals surface area contributed by atoms with Crippen LogP contribution in [0.15, 0.2) is 47.4 Å². The van der Waals surface area contributed by atoms with Gasteiger partial charge in [0.2, 0.25) is 10.0 Å². The van der Waals surface area contributed by atoms with Crippen molar-refractivity contribution in [1.82, 2.24) is 5.32 Å². The van der Waals surface area contributed by atoms with Gasteiger partial charge < -0.3 is 10.2 Å². The second-order valence-corrected chi connectivity index (χ2v) is 7.30. The summed E-state index contributed by atoms with van der Waals surface area (Å²) in [6.45, 7) is 1.98. The Morgan fingerprint density at radius 3 is 2.29 bits per heavy atom. The summed E-state index contributed by atoms with van der Waals surface area (Å²) in [5.74, 6) is -0.350. The molecule has 0 atom stereocenters. The first-order valence-electron chi connectivity index (χ1n) is 7.36. The number of amides is 1. The van der Waals surface area contributed by atoms with Crippen molar-refractivity contribution in [2.24, 2.45) is 5.14 Å². The molecule has 2 aromatic carbocycles. The average Bonchev–Trinajstić information content (AvgIpc) is 2.52. The van der Waals surface area contributed by atoms with Gasteiger partial charge >= 0.3 is 0 Å². The summed E-state index contributed by atoms with van der Waals surface area (Å²) in [7, 11) is 0.0570. The molecule has 0 spiro atoms. The Labute approximate surface area is 142 Å². The van der Waals surface area contributed by atoms with Gasteiger partial charge in [-0.15, -0.1) is 0 Å². The van der Waals surface area contributed by atoms with Gasteiger partial charge in [-0.3, -0.25) is 4.79 Å². The number of carbonyl (C=O) groups is 1. The fourth-order valence-corrected chi connectivity index (χ4v) is 3.05. The standard InChI is InChI=1S/C17H21N3O3S/c1-12-4-7-14(10-16(12)24(18,22)23)17(21)19-11-13-5-8-15(9-6-13)20(2)3/h4-10H,11H2,1-3H3,(H,19,21)(H2,18,22,23). The van der Waals surface area contributed by atoms with Gasteiger partial charge in [0.1, 0.15) is 0 Å². The number of sulfonamides is 1. The van der Waals surface area contributed by atoms with Crippen LogP contribution in [0.5, 0.6) is 0 Å². The molecular weight excluding hydrogens is 326 g/mol. The summed E-state index contributed by atoms with van der Waals surface area (Å²) in [6, 6.07) is 12.2. The maximum Gasteiger partial charge on any atom is 0.251 e. The zero-order valence-electron chi connectivity index (χ0n) is 13.9. The van der Waals surface area contributed by atoms with Gasteiger partial charge in [0.05, 0.1) is 4.90 Å². The van der Waals surface area contributed by atoms with Crippen molar-refractivity contribution < 1.29 is 13.2 Å². The molecule has 7 heteroatoms. The molecule has 0 aliphatic heterocycles. The highest BCUT2D eigenvalue weighted by molar-refractivity contribution is 7.89. The quantitative estimate of drug-likeness (QED) is 0.860. The maximum atomic E-state index is 12.2. The van der Waals surface area contributed by atoms with Gasteiger partial charge in [-0.05, 0) is 42.3 Å². The molecule has 0 bridgehead atoms. The number of aryl methyl sites for hydroxylation is 1. The van der Waals surface area contributed by atoms with E-state index in [1.807, 2.05) is 43.3 Å². The Morgan fingerprint density at radius 2 is 1.75 bits per heavy atom. The molecule has 24 heavy (non-hydrogen) atoms. The Bertz CT molecular complexity index is 844. The molecule has 6 nitrogen and oxygen atoms in total. The number of benzene rings is 2.